The Kier molecular flexibility index (Phi) is 4.28. The van der Waals surface area contributed by atoms with Gasteiger partial charge in [-0.3, -0.25) is 4.79 Å². The molecule has 0 unspecified atom stereocenters. The molecule has 1 amide bonds. The zero-order valence-corrected chi connectivity index (χ0v) is 13.1. The van der Waals surface area contributed by atoms with Gasteiger partial charge in [0, 0.05) is 18.0 Å². The number of furan rings is 1. The number of carbonyl (C=O) groups is 1. The average molecular weight is 310 g/mol. The highest BCUT2D eigenvalue weighted by Gasteiger charge is 2.20. The highest BCUT2D eigenvalue weighted by molar-refractivity contribution is 5.97. The van der Waals surface area contributed by atoms with Gasteiger partial charge in [0.2, 0.25) is 0 Å². The Bertz CT molecular complexity index is 790. The normalized spacial score (nSPS) is 12.1. The van der Waals surface area contributed by atoms with E-state index < -0.39 is 0 Å². The molecule has 0 fully saturated rings. The largest absolute Gasteiger partial charge is 0.469 e. The zero-order chi connectivity index (χ0) is 16.2. The van der Waals surface area contributed by atoms with Gasteiger partial charge in [-0.05, 0) is 32.0 Å². The minimum atomic E-state index is -0.255. The monoisotopic (exact) mass is 310 g/mol. The summed E-state index contributed by atoms with van der Waals surface area (Å²) in [6, 6.07) is 11.4. The second kappa shape index (κ2) is 6.52. The number of aromatic nitrogens is 1. The van der Waals surface area contributed by atoms with Crippen LogP contribution in [0.5, 0.6) is 0 Å². The summed E-state index contributed by atoms with van der Waals surface area (Å²) in [5.41, 5.74) is 2.23. The molecule has 2 aromatic heterocycles. The van der Waals surface area contributed by atoms with Crippen LogP contribution in [-0.2, 0) is 6.42 Å². The second-order valence-corrected chi connectivity index (χ2v) is 5.56. The van der Waals surface area contributed by atoms with Crippen LogP contribution in [0.1, 0.15) is 28.7 Å². The molecule has 0 aliphatic heterocycles. The number of hydrogen-bond acceptors (Lipinski definition) is 4. The summed E-state index contributed by atoms with van der Waals surface area (Å²) >= 11 is 0. The zero-order valence-electron chi connectivity index (χ0n) is 13.1. The van der Waals surface area contributed by atoms with Crippen molar-refractivity contribution in [3.05, 3.63) is 66.1 Å². The molecule has 118 valence electrons. The molecule has 1 N–H and O–H groups in total. The van der Waals surface area contributed by atoms with Crippen LogP contribution in [0.3, 0.4) is 0 Å². The molecule has 3 rings (SSSR count). The third-order valence-corrected chi connectivity index (χ3v) is 3.53. The summed E-state index contributed by atoms with van der Waals surface area (Å²) in [6.07, 6.45) is 3.54. The van der Waals surface area contributed by atoms with Crippen molar-refractivity contribution >= 4 is 5.91 Å². The summed E-state index contributed by atoms with van der Waals surface area (Å²) in [5, 5.41) is 2.92. The Hall–Kier alpha value is -2.82. The molecule has 0 aliphatic rings. The maximum atomic E-state index is 12.5. The lowest BCUT2D eigenvalue weighted by Crippen LogP contribution is -2.34. The van der Waals surface area contributed by atoms with Crippen molar-refractivity contribution in [3.8, 4) is 11.3 Å². The maximum absolute atomic E-state index is 12.5. The van der Waals surface area contributed by atoms with E-state index >= 15 is 0 Å². The van der Waals surface area contributed by atoms with Gasteiger partial charge in [-0.25, -0.2) is 4.98 Å². The summed E-state index contributed by atoms with van der Waals surface area (Å²) < 4.78 is 10.7. The van der Waals surface area contributed by atoms with Gasteiger partial charge in [0.15, 0.2) is 17.8 Å². The summed E-state index contributed by atoms with van der Waals surface area (Å²) in [7, 11) is 0. The van der Waals surface area contributed by atoms with Crippen molar-refractivity contribution in [2.45, 2.75) is 26.3 Å². The van der Waals surface area contributed by atoms with E-state index in [1.807, 2.05) is 50.2 Å². The van der Waals surface area contributed by atoms with Crippen LogP contribution in [0, 0.1) is 6.92 Å². The summed E-state index contributed by atoms with van der Waals surface area (Å²) in [4.78, 5) is 16.5. The van der Waals surface area contributed by atoms with Gasteiger partial charge in [-0.2, -0.15) is 0 Å². The first-order valence-corrected chi connectivity index (χ1v) is 7.47. The molecule has 0 bridgehead atoms. The standard InChI is InChI=1S/C18H18N2O3/c1-12-5-3-6-14(9-12)17-16(19-11-23-17)18(21)20-13(2)10-15-7-4-8-22-15/h3-9,11,13H,10H2,1-2H3,(H,20,21)/t13-/m1/s1. The third-order valence-electron chi connectivity index (χ3n) is 3.53. The molecule has 1 aromatic carbocycles. The van der Waals surface area contributed by atoms with Crippen LogP contribution in [0.15, 0.2) is 57.9 Å². The van der Waals surface area contributed by atoms with Crippen molar-refractivity contribution in [3.63, 3.8) is 0 Å². The number of aryl methyl sites for hydroxylation is 1. The Morgan fingerprint density at radius 2 is 2.13 bits per heavy atom. The highest BCUT2D eigenvalue weighted by atomic mass is 16.3. The Morgan fingerprint density at radius 1 is 1.26 bits per heavy atom. The highest BCUT2D eigenvalue weighted by Crippen LogP contribution is 2.24. The van der Waals surface area contributed by atoms with Gasteiger partial charge in [-0.15, -0.1) is 0 Å². The lowest BCUT2D eigenvalue weighted by molar-refractivity contribution is 0.0935. The summed E-state index contributed by atoms with van der Waals surface area (Å²) in [5.74, 6) is 1.06. The fourth-order valence-electron chi connectivity index (χ4n) is 2.47. The SMILES string of the molecule is Cc1cccc(-c2ocnc2C(=O)N[C@H](C)Cc2ccco2)c1. The molecular weight excluding hydrogens is 292 g/mol. The number of nitrogens with one attached hydrogen (secondary N) is 1. The number of benzene rings is 1. The van der Waals surface area contributed by atoms with Crippen molar-refractivity contribution in [1.82, 2.24) is 10.3 Å². The van der Waals surface area contributed by atoms with Gasteiger partial charge in [0.25, 0.3) is 5.91 Å². The molecule has 1 atom stereocenters. The quantitative estimate of drug-likeness (QED) is 0.781. The average Bonchev–Trinajstić information content (AvgIpc) is 3.17. The van der Waals surface area contributed by atoms with Crippen LogP contribution < -0.4 is 5.32 Å². The molecule has 0 aliphatic carbocycles. The number of nitrogens with zero attached hydrogens (tertiary/aromatic N) is 1. The topological polar surface area (TPSA) is 68.3 Å². The summed E-state index contributed by atoms with van der Waals surface area (Å²) in [6.45, 7) is 3.91. The number of oxazole rings is 1. The van der Waals surface area contributed by atoms with E-state index in [-0.39, 0.29) is 11.9 Å². The van der Waals surface area contributed by atoms with Crippen LogP contribution in [0.4, 0.5) is 0 Å². The van der Waals surface area contributed by atoms with E-state index in [0.717, 1.165) is 16.9 Å². The van der Waals surface area contributed by atoms with E-state index in [0.29, 0.717) is 17.9 Å². The number of hydrogen-bond donors (Lipinski definition) is 1. The van der Waals surface area contributed by atoms with Gasteiger partial charge in [0.05, 0.1) is 6.26 Å². The number of rotatable bonds is 5. The first-order chi connectivity index (χ1) is 11.1. The molecule has 2 heterocycles. The first kappa shape index (κ1) is 15.1. The van der Waals surface area contributed by atoms with E-state index in [1.165, 1.54) is 6.39 Å². The van der Waals surface area contributed by atoms with Crippen LogP contribution in [-0.4, -0.2) is 16.9 Å². The maximum Gasteiger partial charge on any atom is 0.274 e. The van der Waals surface area contributed by atoms with E-state index in [4.69, 9.17) is 8.83 Å². The molecule has 0 spiro atoms. The van der Waals surface area contributed by atoms with E-state index in [2.05, 4.69) is 10.3 Å². The minimum absolute atomic E-state index is 0.0734. The second-order valence-electron chi connectivity index (χ2n) is 5.56. The molecule has 3 aromatic rings. The van der Waals surface area contributed by atoms with Crippen LogP contribution in [0.25, 0.3) is 11.3 Å². The van der Waals surface area contributed by atoms with Crippen molar-refractivity contribution in [2.75, 3.05) is 0 Å². The lowest BCUT2D eigenvalue weighted by atomic mass is 10.1. The number of amides is 1. The third kappa shape index (κ3) is 3.51. The van der Waals surface area contributed by atoms with Crippen molar-refractivity contribution < 1.29 is 13.6 Å². The predicted molar refractivity (Wildman–Crippen MR) is 86.0 cm³/mol. The molecule has 0 radical (unpaired) electrons. The Morgan fingerprint density at radius 3 is 2.87 bits per heavy atom. The molecule has 0 saturated heterocycles. The van der Waals surface area contributed by atoms with Crippen LogP contribution >= 0.6 is 0 Å². The van der Waals surface area contributed by atoms with Gasteiger partial charge < -0.3 is 14.2 Å². The fraction of sp³-hybridized carbons (Fsp3) is 0.222. The minimum Gasteiger partial charge on any atom is -0.469 e. The first-order valence-electron chi connectivity index (χ1n) is 7.47. The smallest absolute Gasteiger partial charge is 0.274 e. The fourth-order valence-corrected chi connectivity index (χ4v) is 2.47. The Labute approximate surface area is 134 Å². The van der Waals surface area contributed by atoms with Crippen LogP contribution in [0.2, 0.25) is 0 Å². The number of carbonyl (C=O) groups excluding carboxylic acids is 1. The lowest BCUT2D eigenvalue weighted by Gasteiger charge is -2.12. The van der Waals surface area contributed by atoms with E-state index in [9.17, 15) is 4.79 Å². The van der Waals surface area contributed by atoms with Crippen molar-refractivity contribution in [1.29, 1.82) is 0 Å². The Balaban J connectivity index is 1.74. The molecular formula is C18H18N2O3. The molecule has 5 nitrogen and oxygen atoms in total. The molecule has 23 heavy (non-hydrogen) atoms. The molecule has 5 heteroatoms. The molecule has 0 saturated carbocycles. The van der Waals surface area contributed by atoms with Crippen molar-refractivity contribution in [2.24, 2.45) is 0 Å². The van der Waals surface area contributed by atoms with Gasteiger partial charge in [0.1, 0.15) is 5.76 Å². The van der Waals surface area contributed by atoms with Gasteiger partial charge >= 0.3 is 0 Å². The van der Waals surface area contributed by atoms with Gasteiger partial charge in [-0.1, -0.05) is 23.8 Å². The van der Waals surface area contributed by atoms with E-state index in [1.54, 1.807) is 6.26 Å². The predicted octanol–water partition coefficient (Wildman–Crippen LogP) is 3.60.